The molecule has 2 heteroatoms. The molecule has 0 aliphatic heterocycles. The van der Waals surface area contributed by atoms with Crippen molar-refractivity contribution in [3.8, 4) is 0 Å². The minimum atomic E-state index is 0.639. The second-order valence-electron chi connectivity index (χ2n) is 14.7. The summed E-state index contributed by atoms with van der Waals surface area (Å²) in [6, 6.07) is 1.35. The van der Waals surface area contributed by atoms with E-state index in [4.69, 9.17) is 0 Å². The third-order valence-electron chi connectivity index (χ3n) is 10.0. The van der Waals surface area contributed by atoms with Gasteiger partial charge in [-0.15, -0.1) is 0 Å². The van der Waals surface area contributed by atoms with Crippen molar-refractivity contribution in [3.05, 3.63) is 48.6 Å². The highest BCUT2D eigenvalue weighted by molar-refractivity contribution is 4.93. The summed E-state index contributed by atoms with van der Waals surface area (Å²) < 4.78 is 0. The first-order chi connectivity index (χ1) is 23.7. The van der Waals surface area contributed by atoms with Crippen molar-refractivity contribution < 1.29 is 0 Å². The van der Waals surface area contributed by atoms with Gasteiger partial charge in [-0.2, -0.15) is 0 Å². The third-order valence-corrected chi connectivity index (χ3v) is 10.0. The molecule has 282 valence electrons. The highest BCUT2D eigenvalue weighted by atomic mass is 15.1. The Morgan fingerprint density at radius 1 is 0.417 bits per heavy atom. The van der Waals surface area contributed by atoms with Gasteiger partial charge in [0, 0.05) is 12.1 Å². The van der Waals surface area contributed by atoms with Crippen LogP contribution in [0.5, 0.6) is 0 Å². The maximum atomic E-state index is 4.09. The minimum Gasteiger partial charge on any atom is -0.312 e. The highest BCUT2D eigenvalue weighted by Crippen LogP contribution is 2.17. The van der Waals surface area contributed by atoms with Crippen molar-refractivity contribution in [1.82, 2.24) is 10.2 Å². The Bertz CT molecular complexity index is 668. The van der Waals surface area contributed by atoms with Crippen LogP contribution in [-0.2, 0) is 0 Å². The molecule has 0 rings (SSSR count). The standard InChI is InChI=1S/C46H88N2/c1-6-10-12-14-16-18-20-22-24-26-28-30-32-34-36-38-42-46(47-45(5)41-40-44-48(8-3)9-4)43-39-37-35-33-31-29-27-25-23-21-19-17-15-13-11-7-2/h16-19,22-25,45-47H,6-15,20-21,26-44H2,1-5H3. The van der Waals surface area contributed by atoms with E-state index in [-0.39, 0.29) is 0 Å². The Morgan fingerprint density at radius 3 is 1.19 bits per heavy atom. The molecule has 48 heavy (non-hydrogen) atoms. The van der Waals surface area contributed by atoms with Gasteiger partial charge in [0.2, 0.25) is 0 Å². The summed E-state index contributed by atoms with van der Waals surface area (Å²) in [5, 5.41) is 4.09. The smallest absolute Gasteiger partial charge is 0.00695 e. The van der Waals surface area contributed by atoms with E-state index < -0.39 is 0 Å². The molecule has 0 saturated heterocycles. The SMILES string of the molecule is CCCCCC=CCC=CCCCCCCCCC(CCCCCCCCC=CCC=CCCCCC)NC(C)CCCN(CC)CC. The molecule has 0 amide bonds. The summed E-state index contributed by atoms with van der Waals surface area (Å²) in [7, 11) is 0. The van der Waals surface area contributed by atoms with Crippen LogP contribution in [0.15, 0.2) is 48.6 Å². The number of allylic oxidation sites excluding steroid dienone is 8. The van der Waals surface area contributed by atoms with Gasteiger partial charge in [0.1, 0.15) is 0 Å². The van der Waals surface area contributed by atoms with Gasteiger partial charge in [0.05, 0.1) is 0 Å². The summed E-state index contributed by atoms with van der Waals surface area (Å²) in [5.41, 5.74) is 0. The minimum absolute atomic E-state index is 0.639. The lowest BCUT2D eigenvalue weighted by atomic mass is 9.98. The van der Waals surface area contributed by atoms with Gasteiger partial charge in [-0.05, 0) is 116 Å². The molecule has 0 radical (unpaired) electrons. The van der Waals surface area contributed by atoms with Gasteiger partial charge in [-0.1, -0.05) is 166 Å². The third kappa shape index (κ3) is 36.2. The molecule has 0 saturated carbocycles. The first-order valence-corrected chi connectivity index (χ1v) is 21.8. The Kier molecular flexibility index (Phi) is 39.4. The normalized spacial score (nSPS) is 13.8. The molecule has 1 unspecified atom stereocenters. The molecule has 0 aromatic heterocycles. The van der Waals surface area contributed by atoms with Gasteiger partial charge >= 0.3 is 0 Å². The van der Waals surface area contributed by atoms with Crippen LogP contribution in [0.3, 0.4) is 0 Å². The summed E-state index contributed by atoms with van der Waals surface area (Å²) in [5.74, 6) is 0. The van der Waals surface area contributed by atoms with E-state index >= 15 is 0 Å². The molecule has 0 heterocycles. The molecule has 0 bridgehead atoms. The van der Waals surface area contributed by atoms with E-state index in [1.54, 1.807) is 0 Å². The maximum Gasteiger partial charge on any atom is 0.00695 e. The Hall–Kier alpha value is -1.12. The van der Waals surface area contributed by atoms with Gasteiger partial charge in [-0.25, -0.2) is 0 Å². The molecular weight excluding hydrogens is 581 g/mol. The average Bonchev–Trinajstić information content (AvgIpc) is 3.09. The van der Waals surface area contributed by atoms with Crippen molar-refractivity contribution >= 4 is 0 Å². The molecule has 1 atom stereocenters. The van der Waals surface area contributed by atoms with Crippen LogP contribution >= 0.6 is 0 Å². The largest absolute Gasteiger partial charge is 0.312 e. The predicted molar refractivity (Wildman–Crippen MR) is 221 cm³/mol. The van der Waals surface area contributed by atoms with Gasteiger partial charge in [0.15, 0.2) is 0 Å². The zero-order valence-corrected chi connectivity index (χ0v) is 33.6. The fraction of sp³-hybridized carbons (Fsp3) is 0.826. The first-order valence-electron chi connectivity index (χ1n) is 21.8. The van der Waals surface area contributed by atoms with Gasteiger partial charge < -0.3 is 10.2 Å². The van der Waals surface area contributed by atoms with Gasteiger partial charge in [-0.3, -0.25) is 0 Å². The van der Waals surface area contributed by atoms with Crippen LogP contribution in [0.2, 0.25) is 0 Å². The number of hydrogen-bond donors (Lipinski definition) is 1. The topological polar surface area (TPSA) is 15.3 Å². The summed E-state index contributed by atoms with van der Waals surface area (Å²) in [6.45, 7) is 15.2. The van der Waals surface area contributed by atoms with E-state index in [9.17, 15) is 0 Å². The number of nitrogens with zero attached hydrogens (tertiary/aromatic N) is 1. The molecule has 2 nitrogen and oxygen atoms in total. The fourth-order valence-electron chi connectivity index (χ4n) is 6.72. The monoisotopic (exact) mass is 669 g/mol. The molecule has 1 N–H and O–H groups in total. The highest BCUT2D eigenvalue weighted by Gasteiger charge is 2.12. The zero-order chi connectivity index (χ0) is 35.0. The lowest BCUT2D eigenvalue weighted by Gasteiger charge is -2.25. The lowest BCUT2D eigenvalue weighted by Crippen LogP contribution is -2.37. The summed E-state index contributed by atoms with van der Waals surface area (Å²) in [4.78, 5) is 2.57. The molecule has 0 fully saturated rings. The Morgan fingerprint density at radius 2 is 0.792 bits per heavy atom. The lowest BCUT2D eigenvalue weighted by molar-refractivity contribution is 0.284. The number of rotatable bonds is 38. The number of hydrogen-bond acceptors (Lipinski definition) is 2. The number of nitrogens with one attached hydrogen (secondary N) is 1. The van der Waals surface area contributed by atoms with Gasteiger partial charge in [0.25, 0.3) is 0 Å². The van der Waals surface area contributed by atoms with Crippen LogP contribution in [0, 0.1) is 0 Å². The van der Waals surface area contributed by atoms with Crippen molar-refractivity contribution in [2.24, 2.45) is 0 Å². The second-order valence-corrected chi connectivity index (χ2v) is 14.7. The van der Waals surface area contributed by atoms with Crippen molar-refractivity contribution in [2.75, 3.05) is 19.6 Å². The van der Waals surface area contributed by atoms with Crippen LogP contribution in [0.4, 0.5) is 0 Å². The van der Waals surface area contributed by atoms with E-state index in [0.717, 1.165) is 12.8 Å². The molecule has 0 aliphatic rings. The predicted octanol–water partition coefficient (Wildman–Crippen LogP) is 14.9. The second kappa shape index (κ2) is 40.3. The average molecular weight is 669 g/mol. The van der Waals surface area contributed by atoms with Crippen molar-refractivity contribution in [1.29, 1.82) is 0 Å². The summed E-state index contributed by atoms with van der Waals surface area (Å²) in [6.07, 6.45) is 56.5. The van der Waals surface area contributed by atoms with E-state index in [0.29, 0.717) is 12.1 Å². The van der Waals surface area contributed by atoms with Crippen molar-refractivity contribution in [2.45, 2.75) is 226 Å². The molecule has 0 aliphatic carbocycles. The quantitative estimate of drug-likeness (QED) is 0.0520. The Labute approximate surface area is 304 Å². The number of unbranched alkanes of at least 4 members (excludes halogenated alkanes) is 18. The summed E-state index contributed by atoms with van der Waals surface area (Å²) >= 11 is 0. The van der Waals surface area contributed by atoms with Crippen LogP contribution in [0.1, 0.15) is 214 Å². The van der Waals surface area contributed by atoms with E-state index in [1.807, 2.05) is 0 Å². The Balaban J connectivity index is 4.13. The van der Waals surface area contributed by atoms with Crippen LogP contribution in [-0.4, -0.2) is 36.6 Å². The fourth-order valence-corrected chi connectivity index (χ4v) is 6.72. The van der Waals surface area contributed by atoms with Crippen molar-refractivity contribution in [3.63, 3.8) is 0 Å². The van der Waals surface area contributed by atoms with E-state index in [1.165, 1.54) is 187 Å². The van der Waals surface area contributed by atoms with Crippen LogP contribution < -0.4 is 5.32 Å². The molecule has 0 aromatic carbocycles. The maximum absolute atomic E-state index is 4.09. The molecule has 0 aromatic rings. The first kappa shape index (κ1) is 46.9. The molecular formula is C46H88N2. The molecule has 0 spiro atoms. The zero-order valence-electron chi connectivity index (χ0n) is 33.6. The van der Waals surface area contributed by atoms with Crippen LogP contribution in [0.25, 0.3) is 0 Å². The van der Waals surface area contributed by atoms with E-state index in [2.05, 4.69) is 93.4 Å².